The maximum absolute atomic E-state index is 13.7. The highest BCUT2D eigenvalue weighted by Crippen LogP contribution is 2.26. The fourth-order valence-corrected chi connectivity index (χ4v) is 5.64. The second-order valence-corrected chi connectivity index (χ2v) is 11.5. The van der Waals surface area contributed by atoms with Gasteiger partial charge in [-0.05, 0) is 67.1 Å². The van der Waals surface area contributed by atoms with Gasteiger partial charge in [-0.25, -0.2) is 13.1 Å². The summed E-state index contributed by atoms with van der Waals surface area (Å²) in [5.74, 6) is -0.439. The molecule has 2 amide bonds. The van der Waals surface area contributed by atoms with Gasteiger partial charge in [0.15, 0.2) is 0 Å². The lowest BCUT2D eigenvalue weighted by Crippen LogP contribution is -2.43. The summed E-state index contributed by atoms with van der Waals surface area (Å²) >= 11 is 6.06. The number of nitrogens with one attached hydrogen (secondary N) is 2. The van der Waals surface area contributed by atoms with E-state index in [2.05, 4.69) is 10.0 Å². The number of amides is 2. The molecule has 0 aromatic heterocycles. The third-order valence-electron chi connectivity index (χ3n) is 6.37. The van der Waals surface area contributed by atoms with Crippen LogP contribution < -0.4 is 10.0 Å². The van der Waals surface area contributed by atoms with Crippen molar-refractivity contribution in [3.63, 3.8) is 0 Å². The molecule has 0 radical (unpaired) electrons. The highest BCUT2D eigenvalue weighted by molar-refractivity contribution is 7.89. The molecule has 7 nitrogen and oxygen atoms in total. The van der Waals surface area contributed by atoms with E-state index in [9.17, 15) is 18.0 Å². The van der Waals surface area contributed by atoms with E-state index in [1.165, 1.54) is 0 Å². The topological polar surface area (TPSA) is 95.6 Å². The lowest BCUT2D eigenvalue weighted by atomic mass is 10.0. The van der Waals surface area contributed by atoms with Crippen molar-refractivity contribution in [2.75, 3.05) is 6.54 Å². The van der Waals surface area contributed by atoms with Crippen LogP contribution in [0.15, 0.2) is 83.8 Å². The zero-order valence-electron chi connectivity index (χ0n) is 21.3. The minimum Gasteiger partial charge on any atom is -0.354 e. The second-order valence-electron chi connectivity index (χ2n) is 9.40. The largest absolute Gasteiger partial charge is 0.354 e. The first-order valence-electron chi connectivity index (χ1n) is 12.7. The van der Waals surface area contributed by atoms with Crippen LogP contribution in [-0.2, 0) is 32.6 Å². The fraction of sp³-hybridized carbons (Fsp3) is 0.310. The van der Waals surface area contributed by atoms with Crippen LogP contribution in [0.25, 0.3) is 0 Å². The average molecular weight is 554 g/mol. The zero-order chi connectivity index (χ0) is 27.1. The Balaban J connectivity index is 1.54. The van der Waals surface area contributed by atoms with E-state index in [4.69, 9.17) is 11.6 Å². The van der Waals surface area contributed by atoms with Crippen LogP contribution in [0, 0.1) is 0 Å². The molecule has 3 aromatic carbocycles. The van der Waals surface area contributed by atoms with Gasteiger partial charge in [-0.3, -0.25) is 9.59 Å². The van der Waals surface area contributed by atoms with Gasteiger partial charge in [-0.15, -0.1) is 0 Å². The van der Waals surface area contributed by atoms with E-state index in [0.717, 1.165) is 29.5 Å². The molecule has 0 saturated heterocycles. The molecule has 1 saturated carbocycles. The summed E-state index contributed by atoms with van der Waals surface area (Å²) < 4.78 is 27.6. The van der Waals surface area contributed by atoms with E-state index < -0.39 is 16.1 Å². The number of hydrogen-bond acceptors (Lipinski definition) is 4. The van der Waals surface area contributed by atoms with Crippen molar-refractivity contribution in [3.05, 3.63) is 101 Å². The Morgan fingerprint density at radius 1 is 0.947 bits per heavy atom. The molecule has 0 heterocycles. The van der Waals surface area contributed by atoms with Crippen LogP contribution in [0.3, 0.4) is 0 Å². The SMILES string of the molecule is CCNC(=O)[C@@H](c1ccccc1)N(Cc1ccc(Cl)cc1)C(=O)CCc1ccc(S(=O)(=O)NC2CC2)cc1. The van der Waals surface area contributed by atoms with Gasteiger partial charge >= 0.3 is 0 Å². The molecule has 1 aliphatic carbocycles. The molecule has 200 valence electrons. The van der Waals surface area contributed by atoms with Crippen molar-refractivity contribution in [2.24, 2.45) is 0 Å². The third-order valence-corrected chi connectivity index (χ3v) is 8.16. The van der Waals surface area contributed by atoms with Crippen molar-refractivity contribution in [2.45, 2.75) is 56.1 Å². The Kier molecular flexibility index (Phi) is 9.20. The zero-order valence-corrected chi connectivity index (χ0v) is 22.8. The number of hydrogen-bond donors (Lipinski definition) is 2. The number of aryl methyl sites for hydroxylation is 1. The maximum Gasteiger partial charge on any atom is 0.247 e. The molecule has 1 atom stereocenters. The summed E-state index contributed by atoms with van der Waals surface area (Å²) in [7, 11) is -3.53. The maximum atomic E-state index is 13.7. The predicted octanol–water partition coefficient (Wildman–Crippen LogP) is 4.62. The molecular weight excluding hydrogens is 522 g/mol. The van der Waals surface area contributed by atoms with Gasteiger partial charge in [0.05, 0.1) is 4.90 Å². The van der Waals surface area contributed by atoms with Crippen molar-refractivity contribution in [1.29, 1.82) is 0 Å². The van der Waals surface area contributed by atoms with Crippen LogP contribution in [0.1, 0.15) is 48.9 Å². The Labute approximate surface area is 229 Å². The van der Waals surface area contributed by atoms with E-state index in [0.29, 0.717) is 18.0 Å². The van der Waals surface area contributed by atoms with Gasteiger partial charge in [-0.1, -0.05) is 66.2 Å². The number of carbonyl (C=O) groups is 2. The number of carbonyl (C=O) groups excluding carboxylic acids is 2. The number of benzene rings is 3. The minimum atomic E-state index is -3.53. The smallest absolute Gasteiger partial charge is 0.247 e. The van der Waals surface area contributed by atoms with Gasteiger partial charge in [-0.2, -0.15) is 0 Å². The van der Waals surface area contributed by atoms with Crippen molar-refractivity contribution < 1.29 is 18.0 Å². The van der Waals surface area contributed by atoms with Crippen LogP contribution in [-0.4, -0.2) is 37.7 Å². The average Bonchev–Trinajstić information content (AvgIpc) is 3.72. The number of halogens is 1. The summed E-state index contributed by atoms with van der Waals surface area (Å²) in [5, 5.41) is 3.46. The third kappa shape index (κ3) is 7.43. The monoisotopic (exact) mass is 553 g/mol. The lowest BCUT2D eigenvalue weighted by molar-refractivity contribution is -0.141. The van der Waals surface area contributed by atoms with Crippen molar-refractivity contribution in [3.8, 4) is 0 Å². The molecule has 0 spiro atoms. The number of likely N-dealkylation sites (N-methyl/N-ethyl adjacent to an activating group) is 1. The molecule has 2 N–H and O–H groups in total. The molecule has 4 rings (SSSR count). The second kappa shape index (κ2) is 12.6. The molecule has 0 unspecified atom stereocenters. The number of rotatable bonds is 12. The van der Waals surface area contributed by atoms with E-state index >= 15 is 0 Å². The van der Waals surface area contributed by atoms with Gasteiger partial charge in [0, 0.05) is 30.6 Å². The van der Waals surface area contributed by atoms with Gasteiger partial charge in [0.1, 0.15) is 6.04 Å². The molecule has 0 aliphatic heterocycles. The predicted molar refractivity (Wildman–Crippen MR) is 148 cm³/mol. The Hall–Kier alpha value is -3.20. The summed E-state index contributed by atoms with van der Waals surface area (Å²) in [4.78, 5) is 28.7. The number of sulfonamides is 1. The van der Waals surface area contributed by atoms with Gasteiger partial charge in [0.2, 0.25) is 21.8 Å². The Morgan fingerprint density at radius 3 is 2.18 bits per heavy atom. The van der Waals surface area contributed by atoms with E-state index in [1.54, 1.807) is 41.3 Å². The lowest BCUT2D eigenvalue weighted by Gasteiger charge is -2.31. The quantitative estimate of drug-likeness (QED) is 0.342. The molecule has 9 heteroatoms. The van der Waals surface area contributed by atoms with Gasteiger partial charge in [0.25, 0.3) is 0 Å². The van der Waals surface area contributed by atoms with E-state index in [-0.39, 0.29) is 35.7 Å². The van der Waals surface area contributed by atoms with Crippen LogP contribution in [0.2, 0.25) is 5.02 Å². The molecule has 3 aromatic rings. The first-order valence-corrected chi connectivity index (χ1v) is 14.6. The highest BCUT2D eigenvalue weighted by atomic mass is 35.5. The Morgan fingerprint density at radius 2 is 1.58 bits per heavy atom. The summed E-state index contributed by atoms with van der Waals surface area (Å²) in [5.41, 5.74) is 2.41. The van der Waals surface area contributed by atoms with Gasteiger partial charge < -0.3 is 10.2 Å². The van der Waals surface area contributed by atoms with Crippen LogP contribution in [0.5, 0.6) is 0 Å². The molecule has 1 aliphatic rings. The number of nitrogens with zero attached hydrogens (tertiary/aromatic N) is 1. The molecular formula is C29H32ClN3O4S. The molecule has 0 bridgehead atoms. The normalized spacial score (nSPS) is 14.1. The van der Waals surface area contributed by atoms with E-state index in [1.807, 2.05) is 49.4 Å². The standard InChI is InChI=1S/C29H32ClN3O4S/c1-2-31-29(35)28(23-6-4-3-5-7-23)33(20-22-8-13-24(30)14-9-22)27(34)19-12-21-10-17-26(18-11-21)38(36,37)32-25-15-16-25/h3-11,13-14,17-18,25,28,32H,2,12,15-16,19-20H2,1H3,(H,31,35)/t28-/m1/s1. The van der Waals surface area contributed by atoms with Crippen LogP contribution in [0.4, 0.5) is 0 Å². The molecule has 1 fully saturated rings. The van der Waals surface area contributed by atoms with Crippen molar-refractivity contribution >= 4 is 33.4 Å². The minimum absolute atomic E-state index is 0.0337. The summed E-state index contributed by atoms with van der Waals surface area (Å²) in [6.45, 7) is 2.52. The first-order chi connectivity index (χ1) is 18.3. The highest BCUT2D eigenvalue weighted by Gasteiger charge is 2.31. The fourth-order valence-electron chi connectivity index (χ4n) is 4.21. The summed E-state index contributed by atoms with van der Waals surface area (Å²) in [6.07, 6.45) is 2.30. The Bertz CT molecular complexity index is 1340. The molecule has 38 heavy (non-hydrogen) atoms. The van der Waals surface area contributed by atoms with Crippen LogP contribution >= 0.6 is 11.6 Å². The summed E-state index contributed by atoms with van der Waals surface area (Å²) in [6, 6.07) is 22.3. The van der Waals surface area contributed by atoms with Crippen molar-refractivity contribution in [1.82, 2.24) is 14.9 Å². The first kappa shape index (κ1) is 27.8.